The third-order valence-corrected chi connectivity index (χ3v) is 5.12. The van der Waals surface area contributed by atoms with E-state index >= 15 is 0 Å². The molecule has 0 N–H and O–H groups in total. The summed E-state index contributed by atoms with van der Waals surface area (Å²) in [5.41, 5.74) is 1.81. The fourth-order valence-corrected chi connectivity index (χ4v) is 3.39. The van der Waals surface area contributed by atoms with E-state index in [1.54, 1.807) is 4.90 Å². The van der Waals surface area contributed by atoms with Gasteiger partial charge in [0.2, 0.25) is 0 Å². The number of imidazole rings is 1. The molecule has 0 radical (unpaired) electrons. The molecule has 0 bridgehead atoms. The third-order valence-electron chi connectivity index (χ3n) is 5.12. The second-order valence-electron chi connectivity index (χ2n) is 6.54. The number of carbonyl (C=O) groups excluding carboxylic acids is 1. The Kier molecular flexibility index (Phi) is 2.99. The van der Waals surface area contributed by atoms with Gasteiger partial charge in [0, 0.05) is 25.2 Å². The van der Waals surface area contributed by atoms with Crippen molar-refractivity contribution >= 4 is 11.4 Å². The first-order valence-electron chi connectivity index (χ1n) is 8.04. The van der Waals surface area contributed by atoms with Crippen LogP contribution in [0.4, 0.5) is 4.39 Å². The van der Waals surface area contributed by atoms with Crippen LogP contribution in [0.3, 0.4) is 0 Å². The number of halogens is 1. The molecule has 2 aliphatic rings. The highest BCUT2D eigenvalue weighted by atomic mass is 19.1. The molecule has 5 heteroatoms. The molecule has 4 nitrogen and oxygen atoms in total. The summed E-state index contributed by atoms with van der Waals surface area (Å²) in [7, 11) is 0. The lowest BCUT2D eigenvalue weighted by Gasteiger charge is -2.44. The number of amides is 1. The number of aryl methyl sites for hydroxylation is 1. The van der Waals surface area contributed by atoms with E-state index in [4.69, 9.17) is 0 Å². The van der Waals surface area contributed by atoms with Gasteiger partial charge in [0.05, 0.1) is 17.5 Å². The normalized spacial score (nSPS) is 20.7. The zero-order valence-corrected chi connectivity index (χ0v) is 12.8. The maximum absolute atomic E-state index is 14.2. The molecule has 0 spiro atoms. The molecule has 1 amide bonds. The summed E-state index contributed by atoms with van der Waals surface area (Å²) in [5, 5.41) is 0. The van der Waals surface area contributed by atoms with Gasteiger partial charge in [-0.05, 0) is 37.3 Å². The van der Waals surface area contributed by atoms with E-state index in [0.29, 0.717) is 25.9 Å². The fourth-order valence-electron chi connectivity index (χ4n) is 3.39. The van der Waals surface area contributed by atoms with Crippen molar-refractivity contribution in [3.63, 3.8) is 0 Å². The predicted molar refractivity (Wildman–Crippen MR) is 81.6 cm³/mol. The molecule has 22 heavy (non-hydrogen) atoms. The first kappa shape index (κ1) is 13.7. The summed E-state index contributed by atoms with van der Waals surface area (Å²) in [6, 6.07) is 4.21. The van der Waals surface area contributed by atoms with Crippen LogP contribution in [-0.4, -0.2) is 39.0 Å². The number of rotatable bonds is 3. The molecular formula is C17H20FN3O. The molecule has 0 atom stereocenters. The molecule has 0 unspecified atom stereocenters. The molecule has 2 fully saturated rings. The van der Waals surface area contributed by atoms with Crippen LogP contribution in [0.5, 0.6) is 0 Å². The number of aromatic nitrogens is 2. The third kappa shape index (κ3) is 1.95. The van der Waals surface area contributed by atoms with Crippen LogP contribution in [-0.2, 0) is 11.2 Å². The molecule has 1 aliphatic carbocycles. The molecule has 2 aromatic rings. The maximum Gasteiger partial charge on any atom is 0.260 e. The van der Waals surface area contributed by atoms with E-state index in [0.717, 1.165) is 24.1 Å². The van der Waals surface area contributed by atoms with Crippen molar-refractivity contribution in [2.75, 3.05) is 13.1 Å². The minimum atomic E-state index is -1.57. The first-order chi connectivity index (χ1) is 10.6. The van der Waals surface area contributed by atoms with Crippen molar-refractivity contribution in [2.45, 2.75) is 44.2 Å². The zero-order chi connectivity index (χ0) is 15.3. The van der Waals surface area contributed by atoms with Crippen molar-refractivity contribution in [3.05, 3.63) is 35.9 Å². The van der Waals surface area contributed by atoms with Crippen LogP contribution < -0.4 is 0 Å². The van der Waals surface area contributed by atoms with Gasteiger partial charge in [-0.25, -0.2) is 9.37 Å². The van der Waals surface area contributed by atoms with Gasteiger partial charge < -0.3 is 9.30 Å². The highest BCUT2D eigenvalue weighted by Gasteiger charge is 2.49. The van der Waals surface area contributed by atoms with Crippen LogP contribution in [0.1, 0.15) is 43.4 Å². The Bertz CT molecular complexity index is 729. The lowest BCUT2D eigenvalue weighted by atomic mass is 9.79. The minimum Gasteiger partial charge on any atom is -0.338 e. The van der Waals surface area contributed by atoms with Gasteiger partial charge in [-0.3, -0.25) is 4.79 Å². The maximum atomic E-state index is 14.2. The number of alkyl halides is 1. The Labute approximate surface area is 128 Å². The Morgan fingerprint density at radius 1 is 1.41 bits per heavy atom. The number of nitrogens with zero attached hydrogens (tertiary/aromatic N) is 3. The Morgan fingerprint density at radius 2 is 2.18 bits per heavy atom. The lowest BCUT2D eigenvalue weighted by molar-refractivity contribution is -0.154. The summed E-state index contributed by atoms with van der Waals surface area (Å²) in [5.74, 6) is -0.0862. The predicted octanol–water partition coefficient (Wildman–Crippen LogP) is 2.71. The summed E-state index contributed by atoms with van der Waals surface area (Å²) in [4.78, 5) is 18.3. The summed E-state index contributed by atoms with van der Waals surface area (Å²) >= 11 is 0. The minimum absolute atomic E-state index is 0.227. The lowest BCUT2D eigenvalue weighted by Crippen LogP contribution is -2.57. The number of carbonyl (C=O) groups is 1. The van der Waals surface area contributed by atoms with Crippen LogP contribution in [0, 0.1) is 0 Å². The number of pyridine rings is 1. The quantitative estimate of drug-likeness (QED) is 0.874. The summed E-state index contributed by atoms with van der Waals surface area (Å²) in [6.07, 6.45) is 6.52. The van der Waals surface area contributed by atoms with Gasteiger partial charge in [-0.15, -0.1) is 0 Å². The van der Waals surface area contributed by atoms with Crippen molar-refractivity contribution in [1.82, 2.24) is 14.3 Å². The number of hydrogen-bond acceptors (Lipinski definition) is 2. The number of likely N-dealkylation sites (tertiary alicyclic amines) is 1. The van der Waals surface area contributed by atoms with Crippen LogP contribution in [0.15, 0.2) is 24.7 Å². The first-order valence-corrected chi connectivity index (χ1v) is 8.04. The van der Waals surface area contributed by atoms with E-state index in [9.17, 15) is 9.18 Å². The molecule has 1 saturated carbocycles. The van der Waals surface area contributed by atoms with E-state index < -0.39 is 5.67 Å². The second-order valence-corrected chi connectivity index (χ2v) is 6.54. The van der Waals surface area contributed by atoms with Gasteiger partial charge in [-0.1, -0.05) is 13.0 Å². The van der Waals surface area contributed by atoms with Crippen molar-refractivity contribution in [2.24, 2.45) is 0 Å². The van der Waals surface area contributed by atoms with E-state index in [-0.39, 0.29) is 11.8 Å². The summed E-state index contributed by atoms with van der Waals surface area (Å²) < 4.78 is 16.2. The SMILES string of the molecule is CCc1ccc2c(C3CN(C(=O)C4(F)CCC4)C3)ncn2c1. The number of hydrogen-bond donors (Lipinski definition) is 0. The van der Waals surface area contributed by atoms with Crippen molar-refractivity contribution < 1.29 is 9.18 Å². The highest BCUT2D eigenvalue weighted by Crippen LogP contribution is 2.40. The van der Waals surface area contributed by atoms with Gasteiger partial charge in [0.25, 0.3) is 5.91 Å². The Hall–Kier alpha value is -1.91. The van der Waals surface area contributed by atoms with Gasteiger partial charge in [0.15, 0.2) is 5.67 Å². The van der Waals surface area contributed by atoms with Crippen LogP contribution in [0.2, 0.25) is 0 Å². The average molecular weight is 301 g/mol. The second kappa shape index (κ2) is 4.80. The molecule has 1 saturated heterocycles. The van der Waals surface area contributed by atoms with Crippen LogP contribution in [0.25, 0.3) is 5.52 Å². The van der Waals surface area contributed by atoms with Crippen LogP contribution >= 0.6 is 0 Å². The van der Waals surface area contributed by atoms with Crippen molar-refractivity contribution in [3.8, 4) is 0 Å². The molecule has 3 heterocycles. The van der Waals surface area contributed by atoms with E-state index in [1.807, 2.05) is 10.7 Å². The Balaban J connectivity index is 1.50. The molecule has 1 aliphatic heterocycles. The Morgan fingerprint density at radius 3 is 2.82 bits per heavy atom. The molecule has 4 rings (SSSR count). The standard InChI is InChI=1S/C17H20FN3O/c1-2-12-4-5-14-15(19-11-21(14)8-12)13-9-20(10-13)16(22)17(18)6-3-7-17/h4-5,8,11,13H,2-3,6-7,9-10H2,1H3. The molecule has 116 valence electrons. The van der Waals surface area contributed by atoms with E-state index in [2.05, 4.69) is 30.2 Å². The largest absolute Gasteiger partial charge is 0.338 e. The highest BCUT2D eigenvalue weighted by molar-refractivity contribution is 5.87. The fraction of sp³-hybridized carbons (Fsp3) is 0.529. The smallest absolute Gasteiger partial charge is 0.260 e. The monoisotopic (exact) mass is 301 g/mol. The van der Waals surface area contributed by atoms with E-state index in [1.165, 1.54) is 5.56 Å². The summed E-state index contributed by atoms with van der Waals surface area (Å²) in [6.45, 7) is 3.31. The molecule has 2 aromatic heterocycles. The molecule has 0 aromatic carbocycles. The molecular weight excluding hydrogens is 281 g/mol. The van der Waals surface area contributed by atoms with Crippen molar-refractivity contribution in [1.29, 1.82) is 0 Å². The topological polar surface area (TPSA) is 37.6 Å². The zero-order valence-electron chi connectivity index (χ0n) is 12.8. The number of fused-ring (bicyclic) bond motifs is 1. The van der Waals surface area contributed by atoms with Gasteiger partial charge in [-0.2, -0.15) is 0 Å². The average Bonchev–Trinajstić information content (AvgIpc) is 2.86. The van der Waals surface area contributed by atoms with Gasteiger partial charge in [0.1, 0.15) is 0 Å². The van der Waals surface area contributed by atoms with Gasteiger partial charge >= 0.3 is 0 Å².